The molecule has 27 heavy (non-hydrogen) atoms. The lowest BCUT2D eigenvalue weighted by Crippen LogP contribution is -2.10. The van der Waals surface area contributed by atoms with E-state index in [1.165, 1.54) is 48.1 Å². The van der Waals surface area contributed by atoms with E-state index >= 15 is 0 Å². The zero-order chi connectivity index (χ0) is 19.2. The lowest BCUT2D eigenvalue weighted by Gasteiger charge is -2.01. The number of thiophene rings is 1. The molecule has 0 atom stereocenters. The van der Waals surface area contributed by atoms with Gasteiger partial charge in [0.05, 0.1) is 23.1 Å². The average Bonchev–Trinajstić information content (AvgIpc) is 3.31. The van der Waals surface area contributed by atoms with Crippen LogP contribution >= 0.6 is 22.7 Å². The lowest BCUT2D eigenvalue weighted by molar-refractivity contribution is -0.384. The topological polar surface area (TPSA) is 119 Å². The highest BCUT2D eigenvalue weighted by molar-refractivity contribution is 7.21. The molecule has 1 amide bonds. The van der Waals surface area contributed by atoms with Gasteiger partial charge in [-0.2, -0.15) is 5.10 Å². The molecule has 0 unspecified atom stereocenters. The number of amides is 1. The molecule has 3 aromatic rings. The van der Waals surface area contributed by atoms with Gasteiger partial charge >= 0.3 is 6.09 Å². The van der Waals surface area contributed by atoms with E-state index in [9.17, 15) is 14.9 Å². The highest BCUT2D eigenvalue weighted by Crippen LogP contribution is 2.38. The van der Waals surface area contributed by atoms with Gasteiger partial charge in [-0.25, -0.2) is 9.78 Å². The first-order chi connectivity index (χ1) is 13.1. The summed E-state index contributed by atoms with van der Waals surface area (Å²) in [6.45, 7) is 0. The summed E-state index contributed by atoms with van der Waals surface area (Å²) >= 11 is 2.68. The van der Waals surface area contributed by atoms with E-state index in [0.29, 0.717) is 21.4 Å². The smallest absolute Gasteiger partial charge is 0.412 e. The maximum absolute atomic E-state index is 11.5. The fraction of sp³-hybridized carbons (Fsp3) is 0.0625. The molecule has 0 aliphatic carbocycles. The molecule has 0 bridgehead atoms. The van der Waals surface area contributed by atoms with Gasteiger partial charge in [-0.1, -0.05) is 29.5 Å². The maximum atomic E-state index is 11.5. The van der Waals surface area contributed by atoms with Crippen LogP contribution in [0, 0.1) is 10.1 Å². The molecule has 0 aliphatic rings. The quantitative estimate of drug-likeness (QED) is 0.358. The molecule has 0 aliphatic heterocycles. The second-order valence-electron chi connectivity index (χ2n) is 5.01. The molecule has 3 rings (SSSR count). The first-order valence-corrected chi connectivity index (χ1v) is 9.19. The van der Waals surface area contributed by atoms with Crippen molar-refractivity contribution in [2.45, 2.75) is 0 Å². The van der Waals surface area contributed by atoms with Gasteiger partial charge in [0.15, 0.2) is 0 Å². The molecule has 9 nitrogen and oxygen atoms in total. The molecule has 0 spiro atoms. The molecule has 0 saturated heterocycles. The number of anilines is 2. The van der Waals surface area contributed by atoms with E-state index in [1.54, 1.807) is 12.1 Å². The summed E-state index contributed by atoms with van der Waals surface area (Å²) < 4.78 is 4.63. The molecule has 2 N–H and O–H groups in total. The largest absolute Gasteiger partial charge is 0.453 e. The summed E-state index contributed by atoms with van der Waals surface area (Å²) in [7, 11) is 1.28. The van der Waals surface area contributed by atoms with Crippen molar-refractivity contribution in [2.75, 3.05) is 17.9 Å². The Kier molecular flexibility index (Phi) is 5.74. The van der Waals surface area contributed by atoms with Crippen LogP contribution in [-0.2, 0) is 4.74 Å². The number of ether oxygens (including phenoxy) is 1. The van der Waals surface area contributed by atoms with Crippen molar-refractivity contribution in [3.05, 3.63) is 57.5 Å². The number of nitro groups is 1. The number of benzene rings is 1. The highest BCUT2D eigenvalue weighted by atomic mass is 32.1. The molecular weight excluding hydrogens is 390 g/mol. The Hall–Kier alpha value is -3.31. The summed E-state index contributed by atoms with van der Waals surface area (Å²) in [4.78, 5) is 27.2. The second-order valence-corrected chi connectivity index (χ2v) is 6.96. The van der Waals surface area contributed by atoms with E-state index in [0.717, 1.165) is 4.88 Å². The van der Waals surface area contributed by atoms with Crippen molar-refractivity contribution in [2.24, 2.45) is 5.10 Å². The molecule has 0 fully saturated rings. The number of rotatable bonds is 6. The third-order valence-corrected chi connectivity index (χ3v) is 4.99. The number of nitrogens with one attached hydrogen (secondary N) is 2. The van der Waals surface area contributed by atoms with Crippen molar-refractivity contribution in [1.82, 2.24) is 4.98 Å². The first kappa shape index (κ1) is 18.5. The Morgan fingerprint density at radius 1 is 1.37 bits per heavy atom. The third-order valence-electron chi connectivity index (χ3n) is 3.24. The van der Waals surface area contributed by atoms with Crippen molar-refractivity contribution >= 4 is 50.8 Å². The van der Waals surface area contributed by atoms with Crippen LogP contribution in [0.4, 0.5) is 20.6 Å². The second kappa shape index (κ2) is 8.38. The zero-order valence-corrected chi connectivity index (χ0v) is 15.5. The number of hydrogen-bond acceptors (Lipinski definition) is 9. The van der Waals surface area contributed by atoms with Crippen LogP contribution in [0.15, 0.2) is 46.9 Å². The van der Waals surface area contributed by atoms with Gasteiger partial charge in [-0.15, -0.1) is 11.3 Å². The van der Waals surface area contributed by atoms with Crippen molar-refractivity contribution in [3.63, 3.8) is 0 Å². The normalized spacial score (nSPS) is 10.7. The molecule has 1 aromatic carbocycles. The van der Waals surface area contributed by atoms with Crippen LogP contribution in [-0.4, -0.2) is 29.3 Å². The minimum atomic E-state index is -0.594. The monoisotopic (exact) mass is 403 g/mol. The number of methoxy groups -OCH3 is 1. The van der Waals surface area contributed by atoms with Gasteiger partial charge < -0.3 is 4.74 Å². The van der Waals surface area contributed by atoms with Crippen molar-refractivity contribution in [3.8, 4) is 10.6 Å². The minimum Gasteiger partial charge on any atom is -0.453 e. The molecule has 138 valence electrons. The molecule has 2 heterocycles. The van der Waals surface area contributed by atoms with Gasteiger partial charge in [-0.05, 0) is 11.4 Å². The number of hydrogen-bond donors (Lipinski definition) is 2. The maximum Gasteiger partial charge on any atom is 0.412 e. The van der Waals surface area contributed by atoms with E-state index in [1.807, 2.05) is 17.5 Å². The van der Waals surface area contributed by atoms with Gasteiger partial charge in [-0.3, -0.25) is 20.9 Å². The lowest BCUT2D eigenvalue weighted by atomic mass is 10.2. The standard InChI is InChI=1S/C16H13N5O4S2/c1-25-16(22)19-14-13(12-6-3-7-26-12)18-15(27-14)20-17-9-10-4-2-5-11(8-10)21(23)24/h2-9H,1H3,(H,18,20)(H,19,22)/b17-9+. The van der Waals surface area contributed by atoms with Gasteiger partial charge in [0.2, 0.25) is 5.13 Å². The number of nitro benzene ring substituents is 1. The Morgan fingerprint density at radius 2 is 2.22 bits per heavy atom. The summed E-state index contributed by atoms with van der Waals surface area (Å²) in [6.07, 6.45) is 0.857. The Morgan fingerprint density at radius 3 is 2.93 bits per heavy atom. The predicted molar refractivity (Wildman–Crippen MR) is 106 cm³/mol. The van der Waals surface area contributed by atoms with Gasteiger partial charge in [0.1, 0.15) is 10.7 Å². The van der Waals surface area contributed by atoms with Gasteiger partial charge in [0, 0.05) is 17.7 Å². The van der Waals surface area contributed by atoms with Crippen LogP contribution in [0.2, 0.25) is 0 Å². The van der Waals surface area contributed by atoms with Crippen LogP contribution < -0.4 is 10.7 Å². The molecule has 2 aromatic heterocycles. The third kappa shape index (κ3) is 4.65. The van der Waals surface area contributed by atoms with Crippen molar-refractivity contribution < 1.29 is 14.5 Å². The summed E-state index contributed by atoms with van der Waals surface area (Å²) in [5.41, 5.74) is 3.93. The molecule has 11 heteroatoms. The average molecular weight is 403 g/mol. The fourth-order valence-electron chi connectivity index (χ4n) is 2.06. The Labute approximate surface area is 161 Å². The van der Waals surface area contributed by atoms with Crippen LogP contribution in [0.1, 0.15) is 5.56 Å². The fourth-order valence-corrected chi connectivity index (χ4v) is 3.66. The van der Waals surface area contributed by atoms with Crippen LogP contribution in [0.5, 0.6) is 0 Å². The van der Waals surface area contributed by atoms with Crippen LogP contribution in [0.25, 0.3) is 10.6 Å². The van der Waals surface area contributed by atoms with E-state index in [2.05, 4.69) is 25.6 Å². The number of non-ortho nitro benzene ring substituents is 1. The molecular formula is C16H13N5O4S2. The Bertz CT molecular complexity index is 985. The van der Waals surface area contributed by atoms with Crippen molar-refractivity contribution in [1.29, 1.82) is 0 Å². The summed E-state index contributed by atoms with van der Waals surface area (Å²) in [5, 5.41) is 20.4. The molecule has 0 radical (unpaired) electrons. The molecule has 0 saturated carbocycles. The number of hydrazone groups is 1. The number of nitrogens with zero attached hydrogens (tertiary/aromatic N) is 3. The van der Waals surface area contributed by atoms with E-state index in [4.69, 9.17) is 0 Å². The number of aromatic nitrogens is 1. The van der Waals surface area contributed by atoms with Gasteiger partial charge in [0.25, 0.3) is 5.69 Å². The zero-order valence-electron chi connectivity index (χ0n) is 13.9. The first-order valence-electron chi connectivity index (χ1n) is 7.50. The van der Waals surface area contributed by atoms with E-state index < -0.39 is 11.0 Å². The SMILES string of the molecule is COC(=O)Nc1sc(N/N=C/c2cccc([N+](=O)[O-])c2)nc1-c1cccs1. The predicted octanol–water partition coefficient (Wildman–Crippen LogP) is 4.40. The highest BCUT2D eigenvalue weighted by Gasteiger charge is 2.16. The number of carbonyl (C=O) groups is 1. The van der Waals surface area contributed by atoms with E-state index in [-0.39, 0.29) is 5.69 Å². The minimum absolute atomic E-state index is 0.0160. The summed E-state index contributed by atoms with van der Waals surface area (Å²) in [6, 6.07) is 9.86. The number of carbonyl (C=O) groups excluding carboxylic acids is 1. The summed E-state index contributed by atoms with van der Waals surface area (Å²) in [5.74, 6) is 0. The van der Waals surface area contributed by atoms with Crippen LogP contribution in [0.3, 0.4) is 0 Å². The number of thiazole rings is 1. The Balaban J connectivity index is 1.79.